The second-order valence-corrected chi connectivity index (χ2v) is 15.2. The van der Waals surface area contributed by atoms with E-state index in [0.717, 1.165) is 57.8 Å². The van der Waals surface area contributed by atoms with Crippen LogP contribution in [-0.2, 0) is 14.3 Å². The molecular formula is C48H85NO5. The maximum Gasteiger partial charge on any atom is 0.306 e. The minimum absolute atomic E-state index is 0.0288. The van der Waals surface area contributed by atoms with Crippen molar-refractivity contribution in [1.29, 1.82) is 0 Å². The number of esters is 1. The van der Waals surface area contributed by atoms with E-state index in [2.05, 4.69) is 38.2 Å². The maximum absolute atomic E-state index is 13.1. The third-order valence-corrected chi connectivity index (χ3v) is 9.99. The zero-order valence-electron chi connectivity index (χ0n) is 35.3. The summed E-state index contributed by atoms with van der Waals surface area (Å²) in [6.45, 7) is 6.28. The lowest BCUT2D eigenvalue weighted by atomic mass is 10.0. The van der Waals surface area contributed by atoms with E-state index in [1.165, 1.54) is 103 Å². The minimum atomic E-state index is -0.804. The number of carbonyl (C=O) groups excluding carboxylic acids is 2. The van der Waals surface area contributed by atoms with Crippen LogP contribution in [0, 0.1) is 0 Å². The van der Waals surface area contributed by atoms with E-state index in [1.54, 1.807) is 0 Å². The van der Waals surface area contributed by atoms with Gasteiger partial charge in [0.15, 0.2) is 0 Å². The predicted molar refractivity (Wildman–Crippen MR) is 232 cm³/mol. The first-order valence-corrected chi connectivity index (χ1v) is 22.6. The summed E-state index contributed by atoms with van der Waals surface area (Å²) in [6, 6.07) is -0.722. The van der Waals surface area contributed by atoms with Crippen molar-refractivity contribution in [2.24, 2.45) is 0 Å². The number of amides is 1. The van der Waals surface area contributed by atoms with Crippen molar-refractivity contribution in [2.45, 2.75) is 225 Å². The van der Waals surface area contributed by atoms with Crippen LogP contribution in [-0.4, -0.2) is 46.9 Å². The van der Waals surface area contributed by atoms with Crippen LogP contribution in [0.3, 0.4) is 0 Å². The smallest absolute Gasteiger partial charge is 0.306 e. The molecule has 0 aliphatic carbocycles. The molecule has 0 bridgehead atoms. The summed E-state index contributed by atoms with van der Waals surface area (Å²) in [4.78, 5) is 25.9. The van der Waals surface area contributed by atoms with Gasteiger partial charge in [-0.05, 0) is 38.5 Å². The van der Waals surface area contributed by atoms with Crippen molar-refractivity contribution in [2.75, 3.05) is 6.61 Å². The summed E-state index contributed by atoms with van der Waals surface area (Å²) in [5.74, 6) is -0.549. The largest absolute Gasteiger partial charge is 0.462 e. The van der Waals surface area contributed by atoms with Gasteiger partial charge in [0.05, 0.1) is 25.2 Å². The van der Waals surface area contributed by atoms with Crippen LogP contribution in [0.25, 0.3) is 0 Å². The van der Waals surface area contributed by atoms with Crippen molar-refractivity contribution < 1.29 is 24.5 Å². The van der Waals surface area contributed by atoms with Gasteiger partial charge in [0, 0.05) is 6.42 Å². The topological polar surface area (TPSA) is 95.9 Å². The Bertz CT molecular complexity index is 984. The van der Waals surface area contributed by atoms with E-state index in [1.807, 2.05) is 48.6 Å². The molecular weight excluding hydrogens is 671 g/mol. The second kappa shape index (κ2) is 41.7. The zero-order chi connectivity index (χ0) is 39.6. The molecule has 0 aromatic heterocycles. The SMILES string of the molecule is CC/C=C/C=C/C=C\C=C/C=C/CCCC(CC(=O)NC(CO)C(O)CCCCCCCCCCCCC)OC(=O)CCCCCCCCCCCCC. The van der Waals surface area contributed by atoms with Gasteiger partial charge in [0.2, 0.25) is 5.91 Å². The standard InChI is InChI=1S/C48H85NO5/c1-4-7-10-13-16-19-22-23-26-27-30-33-36-39-44(54-48(53)41-38-35-32-29-25-21-18-15-12-9-6-3)42-47(52)49-45(43-50)46(51)40-37-34-31-28-24-20-17-14-11-8-5-2/h7,10,13,16,19,22-23,26-27,30,44-46,50-51H,4-6,8-9,11-12,14-15,17-18,20-21,24-25,28-29,31-43H2,1-3H3,(H,49,52)/b10-7+,16-13+,22-19-,26-23-,30-27+. The number of unbranched alkanes of at least 4 members (excludes halogenated alkanes) is 21. The maximum atomic E-state index is 13.1. The summed E-state index contributed by atoms with van der Waals surface area (Å²) >= 11 is 0. The molecule has 3 N–H and O–H groups in total. The average molecular weight is 756 g/mol. The molecule has 1 amide bonds. The first-order valence-electron chi connectivity index (χ1n) is 22.6. The number of nitrogens with one attached hydrogen (secondary N) is 1. The molecule has 0 rings (SSSR count). The molecule has 3 unspecified atom stereocenters. The predicted octanol–water partition coefficient (Wildman–Crippen LogP) is 12.9. The van der Waals surface area contributed by atoms with Crippen molar-refractivity contribution in [1.82, 2.24) is 5.32 Å². The number of hydrogen-bond acceptors (Lipinski definition) is 5. The Morgan fingerprint density at radius 3 is 1.48 bits per heavy atom. The van der Waals surface area contributed by atoms with Gasteiger partial charge >= 0.3 is 5.97 Å². The summed E-state index contributed by atoms with van der Waals surface area (Å²) in [7, 11) is 0. The molecule has 54 heavy (non-hydrogen) atoms. The van der Waals surface area contributed by atoms with Gasteiger partial charge in [-0.25, -0.2) is 0 Å². The molecule has 312 valence electrons. The number of rotatable bonds is 39. The van der Waals surface area contributed by atoms with Crippen LogP contribution in [0.1, 0.15) is 207 Å². The van der Waals surface area contributed by atoms with Crippen molar-refractivity contribution >= 4 is 11.9 Å². The lowest BCUT2D eigenvalue weighted by molar-refractivity contribution is -0.151. The molecule has 6 heteroatoms. The summed E-state index contributed by atoms with van der Waals surface area (Å²) < 4.78 is 5.86. The lowest BCUT2D eigenvalue weighted by Crippen LogP contribution is -2.46. The van der Waals surface area contributed by atoms with Gasteiger partial charge in [-0.2, -0.15) is 0 Å². The molecule has 0 heterocycles. The highest BCUT2D eigenvalue weighted by atomic mass is 16.5. The van der Waals surface area contributed by atoms with Crippen LogP contribution >= 0.6 is 0 Å². The molecule has 0 saturated heterocycles. The highest BCUT2D eigenvalue weighted by Gasteiger charge is 2.24. The number of allylic oxidation sites excluding steroid dienone is 10. The van der Waals surface area contributed by atoms with Crippen molar-refractivity contribution in [3.05, 3.63) is 60.8 Å². The van der Waals surface area contributed by atoms with E-state index in [4.69, 9.17) is 4.74 Å². The Morgan fingerprint density at radius 1 is 0.556 bits per heavy atom. The van der Waals surface area contributed by atoms with Gasteiger partial charge < -0.3 is 20.3 Å². The Balaban J connectivity index is 4.74. The number of carbonyl (C=O) groups is 2. The van der Waals surface area contributed by atoms with Gasteiger partial charge in [0.1, 0.15) is 6.10 Å². The summed E-state index contributed by atoms with van der Waals surface area (Å²) in [5, 5.41) is 23.6. The van der Waals surface area contributed by atoms with Crippen molar-refractivity contribution in [3.8, 4) is 0 Å². The number of aliphatic hydroxyl groups excluding tert-OH is 2. The number of aliphatic hydroxyl groups is 2. The van der Waals surface area contributed by atoms with E-state index < -0.39 is 18.2 Å². The molecule has 0 aromatic rings. The van der Waals surface area contributed by atoms with Gasteiger partial charge in [0.25, 0.3) is 0 Å². The Labute approximate surface area is 333 Å². The van der Waals surface area contributed by atoms with Gasteiger partial charge in [-0.1, -0.05) is 216 Å². The highest BCUT2D eigenvalue weighted by Crippen LogP contribution is 2.17. The highest BCUT2D eigenvalue weighted by molar-refractivity contribution is 5.77. The molecule has 6 nitrogen and oxygen atoms in total. The molecule has 3 atom stereocenters. The fourth-order valence-electron chi connectivity index (χ4n) is 6.57. The Morgan fingerprint density at radius 2 is 1.00 bits per heavy atom. The van der Waals surface area contributed by atoms with Crippen LogP contribution in [0.15, 0.2) is 60.8 Å². The van der Waals surface area contributed by atoms with Crippen LogP contribution in [0.2, 0.25) is 0 Å². The zero-order valence-corrected chi connectivity index (χ0v) is 35.3. The van der Waals surface area contributed by atoms with Crippen LogP contribution in [0.5, 0.6) is 0 Å². The molecule has 0 spiro atoms. The molecule has 0 fully saturated rings. The molecule has 0 aliphatic heterocycles. The normalized spacial score (nSPS) is 13.9. The molecule has 0 aromatic carbocycles. The first-order chi connectivity index (χ1) is 26.5. The third kappa shape index (κ3) is 36.5. The van der Waals surface area contributed by atoms with E-state index in [9.17, 15) is 19.8 Å². The number of hydrogen-bond donors (Lipinski definition) is 3. The monoisotopic (exact) mass is 756 g/mol. The first kappa shape index (κ1) is 51.6. The van der Waals surface area contributed by atoms with Crippen LogP contribution in [0.4, 0.5) is 0 Å². The van der Waals surface area contributed by atoms with E-state index in [0.29, 0.717) is 19.3 Å². The van der Waals surface area contributed by atoms with E-state index in [-0.39, 0.29) is 24.9 Å². The third-order valence-electron chi connectivity index (χ3n) is 9.99. The molecule has 0 saturated carbocycles. The van der Waals surface area contributed by atoms with Crippen LogP contribution < -0.4 is 5.32 Å². The Hall–Kier alpha value is -2.44. The van der Waals surface area contributed by atoms with Gasteiger partial charge in [-0.15, -0.1) is 0 Å². The Kier molecular flexibility index (Phi) is 39.8. The summed E-state index contributed by atoms with van der Waals surface area (Å²) in [5.41, 5.74) is 0. The quantitative estimate of drug-likeness (QED) is 0.0330. The fraction of sp³-hybridized carbons (Fsp3) is 0.750. The fourth-order valence-corrected chi connectivity index (χ4v) is 6.57. The lowest BCUT2D eigenvalue weighted by Gasteiger charge is -2.24. The molecule has 0 aliphatic rings. The number of ether oxygens (including phenoxy) is 1. The molecule has 0 radical (unpaired) electrons. The second-order valence-electron chi connectivity index (χ2n) is 15.2. The minimum Gasteiger partial charge on any atom is -0.462 e. The average Bonchev–Trinajstić information content (AvgIpc) is 3.16. The van der Waals surface area contributed by atoms with E-state index >= 15 is 0 Å². The van der Waals surface area contributed by atoms with Gasteiger partial charge in [-0.3, -0.25) is 9.59 Å². The summed E-state index contributed by atoms with van der Waals surface area (Å²) in [6.07, 6.45) is 50.0. The van der Waals surface area contributed by atoms with Crippen molar-refractivity contribution in [3.63, 3.8) is 0 Å².